The number of nitrogens with one attached hydrogen (secondary N) is 1. The molecule has 1 aromatic heterocycles. The average molecular weight is 414 g/mol. The molecule has 28 heavy (non-hydrogen) atoms. The fourth-order valence-corrected chi connectivity index (χ4v) is 4.79. The minimum Gasteiger partial charge on any atom is -0.495 e. The van der Waals surface area contributed by atoms with E-state index < -0.39 is 16.6 Å². The molecule has 1 aliphatic heterocycles. The van der Waals surface area contributed by atoms with Crippen molar-refractivity contribution in [2.45, 2.75) is 43.7 Å². The zero-order valence-corrected chi connectivity index (χ0v) is 16.5. The molecular weight excluding hydrogens is 390 g/mol. The minimum absolute atomic E-state index is 0.000908. The van der Waals surface area contributed by atoms with Crippen molar-refractivity contribution in [3.8, 4) is 5.75 Å². The standard InChI is InChI=1S/C18H24F2N4O3S/c1-27-16-7-6-14(28(25,26)23-9-4-2-3-5-10-23)12-15(16)22-13-17-21-8-11-24(17)18(19)20/h6-8,11-12,18,22H,2-5,9-10,13H2,1H3. The first-order valence-corrected chi connectivity index (χ1v) is 10.6. The Bertz CT molecular complexity index is 894. The SMILES string of the molecule is COc1ccc(S(=O)(=O)N2CCCCCC2)cc1NCc1nccn1C(F)F. The molecule has 1 N–H and O–H groups in total. The van der Waals surface area contributed by atoms with E-state index in [1.807, 2.05) is 0 Å². The van der Waals surface area contributed by atoms with Crippen LogP contribution in [0.4, 0.5) is 14.5 Å². The number of alkyl halides is 2. The Labute approximate surface area is 163 Å². The number of halogens is 2. The highest BCUT2D eigenvalue weighted by Crippen LogP contribution is 2.30. The molecule has 10 heteroatoms. The van der Waals surface area contributed by atoms with Crippen LogP contribution in [0.25, 0.3) is 0 Å². The molecule has 0 unspecified atom stereocenters. The van der Waals surface area contributed by atoms with Crippen LogP contribution in [0.3, 0.4) is 0 Å². The van der Waals surface area contributed by atoms with Crippen LogP contribution in [0.1, 0.15) is 38.1 Å². The van der Waals surface area contributed by atoms with Crippen molar-refractivity contribution >= 4 is 15.7 Å². The minimum atomic E-state index is -3.63. The maximum absolute atomic E-state index is 13.0. The van der Waals surface area contributed by atoms with Gasteiger partial charge in [-0.3, -0.25) is 4.57 Å². The number of benzene rings is 1. The summed E-state index contributed by atoms with van der Waals surface area (Å²) < 4.78 is 59.5. The van der Waals surface area contributed by atoms with Crippen molar-refractivity contribution in [3.63, 3.8) is 0 Å². The Morgan fingerprint density at radius 3 is 2.57 bits per heavy atom. The van der Waals surface area contributed by atoms with Crippen molar-refractivity contribution in [3.05, 3.63) is 36.4 Å². The number of ether oxygens (including phenoxy) is 1. The first-order valence-electron chi connectivity index (χ1n) is 9.15. The predicted octanol–water partition coefficient (Wildman–Crippen LogP) is 3.46. The Balaban J connectivity index is 1.84. The van der Waals surface area contributed by atoms with Crippen LogP contribution in [-0.4, -0.2) is 42.5 Å². The van der Waals surface area contributed by atoms with E-state index >= 15 is 0 Å². The van der Waals surface area contributed by atoms with Crippen molar-refractivity contribution in [1.29, 1.82) is 0 Å². The predicted molar refractivity (Wildman–Crippen MR) is 101 cm³/mol. The number of hydrogen-bond donors (Lipinski definition) is 1. The van der Waals surface area contributed by atoms with Gasteiger partial charge in [-0.25, -0.2) is 13.4 Å². The molecule has 7 nitrogen and oxygen atoms in total. The quantitative estimate of drug-likeness (QED) is 0.751. The lowest BCUT2D eigenvalue weighted by Gasteiger charge is -2.21. The van der Waals surface area contributed by atoms with Gasteiger partial charge in [-0.15, -0.1) is 0 Å². The van der Waals surface area contributed by atoms with E-state index in [9.17, 15) is 17.2 Å². The van der Waals surface area contributed by atoms with Gasteiger partial charge in [0.25, 0.3) is 0 Å². The molecule has 1 saturated heterocycles. The highest BCUT2D eigenvalue weighted by Gasteiger charge is 2.26. The molecule has 0 aliphatic carbocycles. The van der Waals surface area contributed by atoms with Crippen molar-refractivity contribution < 1.29 is 21.9 Å². The third kappa shape index (κ3) is 4.44. The van der Waals surface area contributed by atoms with Crippen LogP contribution >= 0.6 is 0 Å². The lowest BCUT2D eigenvalue weighted by Crippen LogP contribution is -2.32. The monoisotopic (exact) mass is 414 g/mol. The van der Waals surface area contributed by atoms with Crippen molar-refractivity contribution in [1.82, 2.24) is 13.9 Å². The summed E-state index contributed by atoms with van der Waals surface area (Å²) in [7, 11) is -2.17. The molecule has 0 bridgehead atoms. The Morgan fingerprint density at radius 1 is 1.21 bits per heavy atom. The van der Waals surface area contributed by atoms with Gasteiger partial charge in [0.1, 0.15) is 11.6 Å². The molecule has 3 rings (SSSR count). The van der Waals surface area contributed by atoms with E-state index in [0.717, 1.165) is 30.3 Å². The molecule has 0 radical (unpaired) electrons. The smallest absolute Gasteiger partial charge is 0.319 e. The topological polar surface area (TPSA) is 76.5 Å². The van der Waals surface area contributed by atoms with Gasteiger partial charge in [0.05, 0.1) is 24.2 Å². The van der Waals surface area contributed by atoms with Gasteiger partial charge in [-0.2, -0.15) is 13.1 Å². The number of methoxy groups -OCH3 is 1. The first-order chi connectivity index (χ1) is 13.4. The Hall–Kier alpha value is -2.20. The molecule has 0 saturated carbocycles. The Morgan fingerprint density at radius 2 is 1.93 bits per heavy atom. The lowest BCUT2D eigenvalue weighted by molar-refractivity contribution is 0.0673. The second-order valence-corrected chi connectivity index (χ2v) is 8.50. The number of aromatic nitrogens is 2. The first kappa shape index (κ1) is 20.5. The molecule has 0 amide bonds. The van der Waals surface area contributed by atoms with E-state index in [-0.39, 0.29) is 17.3 Å². The highest BCUT2D eigenvalue weighted by molar-refractivity contribution is 7.89. The van der Waals surface area contributed by atoms with E-state index in [4.69, 9.17) is 4.74 Å². The Kier molecular flexibility index (Phi) is 6.50. The summed E-state index contributed by atoms with van der Waals surface area (Å²) >= 11 is 0. The second kappa shape index (κ2) is 8.87. The van der Waals surface area contributed by atoms with Gasteiger partial charge in [0, 0.05) is 25.5 Å². The van der Waals surface area contributed by atoms with Gasteiger partial charge >= 0.3 is 6.55 Å². The van der Waals surface area contributed by atoms with E-state index in [0.29, 0.717) is 24.5 Å². The molecule has 154 valence electrons. The van der Waals surface area contributed by atoms with Crippen LogP contribution in [0.5, 0.6) is 5.75 Å². The second-order valence-electron chi connectivity index (χ2n) is 6.56. The number of imidazole rings is 1. The highest BCUT2D eigenvalue weighted by atomic mass is 32.2. The average Bonchev–Trinajstić information content (AvgIpc) is 2.98. The molecule has 0 spiro atoms. The lowest BCUT2D eigenvalue weighted by atomic mass is 10.2. The zero-order chi connectivity index (χ0) is 20.1. The third-order valence-electron chi connectivity index (χ3n) is 4.77. The number of rotatable bonds is 7. The largest absolute Gasteiger partial charge is 0.495 e. The normalized spacial score (nSPS) is 16.1. The molecule has 1 aliphatic rings. The van der Waals surface area contributed by atoms with Gasteiger partial charge in [0.2, 0.25) is 10.0 Å². The number of sulfonamides is 1. The van der Waals surface area contributed by atoms with Crippen LogP contribution in [0.15, 0.2) is 35.5 Å². The van der Waals surface area contributed by atoms with Crippen LogP contribution < -0.4 is 10.1 Å². The third-order valence-corrected chi connectivity index (χ3v) is 6.66. The van der Waals surface area contributed by atoms with Gasteiger partial charge in [0.15, 0.2) is 0 Å². The van der Waals surface area contributed by atoms with Gasteiger partial charge < -0.3 is 10.1 Å². The fraction of sp³-hybridized carbons (Fsp3) is 0.500. The van der Waals surface area contributed by atoms with Gasteiger partial charge in [-0.05, 0) is 31.0 Å². The summed E-state index contributed by atoms with van der Waals surface area (Å²) in [6.07, 6.45) is 6.23. The molecule has 1 aromatic carbocycles. The molecule has 2 aromatic rings. The van der Waals surface area contributed by atoms with Gasteiger partial charge in [-0.1, -0.05) is 12.8 Å². The summed E-state index contributed by atoms with van der Waals surface area (Å²) in [6.45, 7) is -1.69. The summed E-state index contributed by atoms with van der Waals surface area (Å²) in [5, 5.41) is 2.96. The number of anilines is 1. The summed E-state index contributed by atoms with van der Waals surface area (Å²) in [5.41, 5.74) is 0.405. The summed E-state index contributed by atoms with van der Waals surface area (Å²) in [6, 6.07) is 4.55. The fourth-order valence-electron chi connectivity index (χ4n) is 3.25. The number of nitrogens with zero attached hydrogens (tertiary/aromatic N) is 3. The van der Waals surface area contributed by atoms with Crippen LogP contribution in [0, 0.1) is 0 Å². The molecule has 0 atom stereocenters. The summed E-state index contributed by atoms with van der Waals surface area (Å²) in [4.78, 5) is 4.06. The van der Waals surface area contributed by atoms with E-state index in [1.165, 1.54) is 35.9 Å². The van der Waals surface area contributed by atoms with E-state index in [1.54, 1.807) is 6.07 Å². The zero-order valence-electron chi connectivity index (χ0n) is 15.6. The maximum Gasteiger partial charge on any atom is 0.319 e. The molecular formula is C18H24F2N4O3S. The number of hydrogen-bond acceptors (Lipinski definition) is 5. The van der Waals surface area contributed by atoms with Crippen LogP contribution in [0.2, 0.25) is 0 Å². The van der Waals surface area contributed by atoms with Crippen LogP contribution in [-0.2, 0) is 16.6 Å². The molecule has 1 fully saturated rings. The van der Waals surface area contributed by atoms with E-state index in [2.05, 4.69) is 10.3 Å². The van der Waals surface area contributed by atoms with Crippen molar-refractivity contribution in [2.24, 2.45) is 0 Å². The summed E-state index contributed by atoms with van der Waals surface area (Å²) in [5.74, 6) is 0.558. The maximum atomic E-state index is 13.0. The van der Waals surface area contributed by atoms with Crippen molar-refractivity contribution in [2.75, 3.05) is 25.5 Å². The molecule has 2 heterocycles.